The molecule has 2 rings (SSSR count). The maximum absolute atomic E-state index is 3.38. The van der Waals surface area contributed by atoms with Gasteiger partial charge in [0.05, 0.1) is 0 Å². The van der Waals surface area contributed by atoms with Gasteiger partial charge in [-0.1, -0.05) is 26.0 Å². The summed E-state index contributed by atoms with van der Waals surface area (Å²) in [5, 5.41) is 3.38. The summed E-state index contributed by atoms with van der Waals surface area (Å²) in [6, 6.07) is 9.11. The number of hydrogen-bond donors (Lipinski definition) is 1. The van der Waals surface area contributed by atoms with Gasteiger partial charge >= 0.3 is 0 Å². The Labute approximate surface area is 98.7 Å². The Morgan fingerprint density at radius 3 is 2.38 bits per heavy atom. The smallest absolute Gasteiger partial charge is 0.0367 e. The number of nitrogens with one attached hydrogen (secondary N) is 1. The van der Waals surface area contributed by atoms with Gasteiger partial charge < -0.3 is 10.2 Å². The average molecular weight is 218 g/mol. The zero-order valence-electron chi connectivity index (χ0n) is 10.4. The van der Waals surface area contributed by atoms with Crippen LogP contribution in [0.1, 0.15) is 31.7 Å². The summed E-state index contributed by atoms with van der Waals surface area (Å²) in [7, 11) is 0. The molecule has 1 aliphatic heterocycles. The third kappa shape index (κ3) is 2.56. The molecule has 88 valence electrons. The number of benzene rings is 1. The highest BCUT2D eigenvalue weighted by Gasteiger charge is 2.10. The zero-order chi connectivity index (χ0) is 11.4. The van der Waals surface area contributed by atoms with Crippen LogP contribution in [0.4, 0.5) is 5.69 Å². The summed E-state index contributed by atoms with van der Waals surface area (Å²) in [5.41, 5.74) is 2.83. The van der Waals surface area contributed by atoms with Gasteiger partial charge in [-0.15, -0.1) is 0 Å². The van der Waals surface area contributed by atoms with Crippen LogP contribution in [-0.4, -0.2) is 26.2 Å². The summed E-state index contributed by atoms with van der Waals surface area (Å²) in [6.07, 6.45) is 1.22. The van der Waals surface area contributed by atoms with Crippen molar-refractivity contribution in [3.05, 3.63) is 29.8 Å². The highest BCUT2D eigenvalue weighted by atomic mass is 15.2. The number of anilines is 1. The lowest BCUT2D eigenvalue weighted by Gasteiger charge is -2.29. The van der Waals surface area contributed by atoms with Crippen LogP contribution in [-0.2, 0) is 0 Å². The molecule has 1 saturated heterocycles. The molecular formula is C14H22N2. The normalized spacial score (nSPS) is 18.5. The molecule has 0 amide bonds. The van der Waals surface area contributed by atoms with Gasteiger partial charge in [0.25, 0.3) is 0 Å². The Morgan fingerprint density at radius 2 is 1.81 bits per heavy atom. The molecule has 1 N–H and O–H groups in total. The van der Waals surface area contributed by atoms with Crippen molar-refractivity contribution < 1.29 is 0 Å². The average Bonchev–Trinajstić information content (AvgIpc) is 2.39. The monoisotopic (exact) mass is 218 g/mol. The lowest BCUT2D eigenvalue weighted by atomic mass is 9.98. The second-order valence-electron chi connectivity index (χ2n) is 4.64. The van der Waals surface area contributed by atoms with Gasteiger partial charge in [0.1, 0.15) is 0 Å². The Hall–Kier alpha value is -1.02. The SMILES string of the molecule is CCC(C)c1ccc(N2CCNCC2)cc1. The summed E-state index contributed by atoms with van der Waals surface area (Å²) in [5.74, 6) is 0.678. The largest absolute Gasteiger partial charge is 0.369 e. The van der Waals surface area contributed by atoms with Gasteiger partial charge in [0.15, 0.2) is 0 Å². The van der Waals surface area contributed by atoms with Gasteiger partial charge in [-0.05, 0) is 30.0 Å². The number of rotatable bonds is 3. The van der Waals surface area contributed by atoms with E-state index in [9.17, 15) is 0 Å². The molecule has 0 radical (unpaired) electrons. The molecule has 1 atom stereocenters. The highest BCUT2D eigenvalue weighted by Crippen LogP contribution is 2.22. The fourth-order valence-corrected chi connectivity index (χ4v) is 2.17. The van der Waals surface area contributed by atoms with E-state index in [0.29, 0.717) is 5.92 Å². The van der Waals surface area contributed by atoms with E-state index < -0.39 is 0 Å². The van der Waals surface area contributed by atoms with Crippen molar-refractivity contribution in [2.75, 3.05) is 31.1 Å². The third-order valence-corrected chi connectivity index (χ3v) is 3.56. The lowest BCUT2D eigenvalue weighted by molar-refractivity contribution is 0.589. The molecular weight excluding hydrogens is 196 g/mol. The van der Waals surface area contributed by atoms with Gasteiger partial charge in [-0.3, -0.25) is 0 Å². The fraction of sp³-hybridized carbons (Fsp3) is 0.571. The molecule has 1 aromatic rings. The van der Waals surface area contributed by atoms with E-state index in [-0.39, 0.29) is 0 Å². The number of piperazine rings is 1. The van der Waals surface area contributed by atoms with Crippen molar-refractivity contribution in [3.63, 3.8) is 0 Å². The quantitative estimate of drug-likeness (QED) is 0.839. The fourth-order valence-electron chi connectivity index (χ4n) is 2.17. The van der Waals surface area contributed by atoms with Gasteiger partial charge in [0.2, 0.25) is 0 Å². The number of hydrogen-bond acceptors (Lipinski definition) is 2. The first-order valence-corrected chi connectivity index (χ1v) is 6.37. The van der Waals surface area contributed by atoms with E-state index in [2.05, 4.69) is 48.3 Å². The maximum atomic E-state index is 3.38. The minimum absolute atomic E-state index is 0.678. The molecule has 1 aliphatic rings. The van der Waals surface area contributed by atoms with Crippen molar-refractivity contribution in [2.24, 2.45) is 0 Å². The molecule has 0 aliphatic carbocycles. The van der Waals surface area contributed by atoms with Crippen LogP contribution >= 0.6 is 0 Å². The highest BCUT2D eigenvalue weighted by molar-refractivity contribution is 5.48. The van der Waals surface area contributed by atoms with E-state index in [1.165, 1.54) is 17.7 Å². The van der Waals surface area contributed by atoms with Crippen molar-refractivity contribution in [3.8, 4) is 0 Å². The molecule has 0 bridgehead atoms. The summed E-state index contributed by atoms with van der Waals surface area (Å²) in [4.78, 5) is 2.46. The molecule has 0 saturated carbocycles. The van der Waals surface area contributed by atoms with Crippen LogP contribution < -0.4 is 10.2 Å². The maximum Gasteiger partial charge on any atom is 0.0367 e. The summed E-state index contributed by atoms with van der Waals surface area (Å²) < 4.78 is 0. The molecule has 0 aromatic heterocycles. The van der Waals surface area contributed by atoms with Crippen LogP contribution in [0, 0.1) is 0 Å². The standard InChI is InChI=1S/C14H22N2/c1-3-12(2)13-4-6-14(7-5-13)16-10-8-15-9-11-16/h4-7,12,15H,3,8-11H2,1-2H3. The molecule has 16 heavy (non-hydrogen) atoms. The van der Waals surface area contributed by atoms with Gasteiger partial charge in [0, 0.05) is 31.9 Å². The van der Waals surface area contributed by atoms with Crippen LogP contribution in [0.5, 0.6) is 0 Å². The minimum Gasteiger partial charge on any atom is -0.369 e. The summed E-state index contributed by atoms with van der Waals surface area (Å²) >= 11 is 0. The molecule has 1 fully saturated rings. The lowest BCUT2D eigenvalue weighted by Crippen LogP contribution is -2.43. The summed E-state index contributed by atoms with van der Waals surface area (Å²) in [6.45, 7) is 9.00. The van der Waals surface area contributed by atoms with Gasteiger partial charge in [-0.25, -0.2) is 0 Å². The van der Waals surface area contributed by atoms with E-state index in [4.69, 9.17) is 0 Å². The third-order valence-electron chi connectivity index (χ3n) is 3.56. The van der Waals surface area contributed by atoms with Crippen LogP contribution in [0.25, 0.3) is 0 Å². The Bertz CT molecular complexity index is 312. The molecule has 0 spiro atoms. The van der Waals surface area contributed by atoms with E-state index in [0.717, 1.165) is 26.2 Å². The predicted molar refractivity (Wildman–Crippen MR) is 70.2 cm³/mol. The Kier molecular flexibility index (Phi) is 3.83. The van der Waals surface area contributed by atoms with E-state index in [1.807, 2.05) is 0 Å². The van der Waals surface area contributed by atoms with Crippen molar-refractivity contribution >= 4 is 5.69 Å². The minimum atomic E-state index is 0.678. The molecule has 1 heterocycles. The molecule has 2 nitrogen and oxygen atoms in total. The van der Waals surface area contributed by atoms with Crippen LogP contribution in [0.2, 0.25) is 0 Å². The van der Waals surface area contributed by atoms with Crippen LogP contribution in [0.3, 0.4) is 0 Å². The first-order chi connectivity index (χ1) is 7.81. The zero-order valence-corrected chi connectivity index (χ0v) is 10.4. The van der Waals surface area contributed by atoms with E-state index in [1.54, 1.807) is 0 Å². The second kappa shape index (κ2) is 5.35. The van der Waals surface area contributed by atoms with E-state index >= 15 is 0 Å². The van der Waals surface area contributed by atoms with Gasteiger partial charge in [-0.2, -0.15) is 0 Å². The Balaban J connectivity index is 2.06. The first-order valence-electron chi connectivity index (χ1n) is 6.37. The topological polar surface area (TPSA) is 15.3 Å². The first kappa shape index (κ1) is 11.5. The second-order valence-corrected chi connectivity index (χ2v) is 4.64. The van der Waals surface area contributed by atoms with Crippen LogP contribution in [0.15, 0.2) is 24.3 Å². The van der Waals surface area contributed by atoms with Crippen molar-refractivity contribution in [2.45, 2.75) is 26.2 Å². The Morgan fingerprint density at radius 1 is 1.19 bits per heavy atom. The molecule has 1 aromatic carbocycles. The van der Waals surface area contributed by atoms with Crippen molar-refractivity contribution in [1.82, 2.24) is 5.32 Å². The predicted octanol–water partition coefficient (Wildman–Crippen LogP) is 2.61. The number of nitrogens with zero attached hydrogens (tertiary/aromatic N) is 1. The van der Waals surface area contributed by atoms with Crippen molar-refractivity contribution in [1.29, 1.82) is 0 Å². The molecule has 2 heteroatoms. The molecule has 1 unspecified atom stereocenters.